The van der Waals surface area contributed by atoms with Gasteiger partial charge in [0.05, 0.1) is 38.2 Å². The Kier molecular flexibility index (Phi) is 6.15. The van der Waals surface area contributed by atoms with Crippen molar-refractivity contribution in [2.45, 2.75) is 51.7 Å². The van der Waals surface area contributed by atoms with Crippen LogP contribution in [-0.4, -0.2) is 17.4 Å². The molecule has 1 atom stereocenters. The summed E-state index contributed by atoms with van der Waals surface area (Å²) in [7, 11) is 0. The van der Waals surface area contributed by atoms with Crippen LogP contribution in [0, 0.1) is 0 Å². The molecule has 1 aromatic carbocycles. The maximum absolute atomic E-state index is 12.8. The molecule has 1 unspecified atom stereocenters. The molecule has 0 bridgehead atoms. The highest BCUT2D eigenvalue weighted by Crippen LogP contribution is 2.24. The van der Waals surface area contributed by atoms with Crippen LogP contribution in [0.5, 0.6) is 0 Å². The maximum atomic E-state index is 12.8. The van der Waals surface area contributed by atoms with Gasteiger partial charge in [-0.25, -0.2) is 0 Å². The van der Waals surface area contributed by atoms with Crippen LogP contribution >= 0.6 is 0 Å². The van der Waals surface area contributed by atoms with Gasteiger partial charge in [0.25, 0.3) is 0 Å². The Hall–Kier alpha value is -2.79. The van der Waals surface area contributed by atoms with Crippen molar-refractivity contribution in [2.75, 3.05) is 6.54 Å². The summed E-state index contributed by atoms with van der Waals surface area (Å²) >= 11 is 0. The lowest BCUT2D eigenvalue weighted by molar-refractivity contribution is -0.123. The second kappa shape index (κ2) is 9.14. The van der Waals surface area contributed by atoms with E-state index in [-0.39, 0.29) is 18.5 Å². The van der Waals surface area contributed by atoms with Crippen molar-refractivity contribution in [2.24, 2.45) is 0 Å². The van der Waals surface area contributed by atoms with E-state index in [9.17, 15) is 4.79 Å². The summed E-state index contributed by atoms with van der Waals surface area (Å²) in [4.78, 5) is 14.8. The minimum absolute atomic E-state index is 0.00617. The van der Waals surface area contributed by atoms with Crippen molar-refractivity contribution < 1.29 is 13.6 Å². The molecule has 0 spiro atoms. The highest BCUT2D eigenvalue weighted by atomic mass is 16.3. The van der Waals surface area contributed by atoms with E-state index in [1.54, 1.807) is 12.5 Å². The van der Waals surface area contributed by atoms with Crippen LogP contribution < -0.4 is 5.32 Å². The monoisotopic (exact) mass is 392 g/mol. The number of nitrogens with zero attached hydrogens (tertiary/aromatic N) is 1. The van der Waals surface area contributed by atoms with Crippen molar-refractivity contribution in [3.63, 3.8) is 0 Å². The van der Waals surface area contributed by atoms with Crippen molar-refractivity contribution in [3.8, 4) is 0 Å². The molecular weight excluding hydrogens is 364 g/mol. The lowest BCUT2D eigenvalue weighted by atomic mass is 9.89. The normalized spacial score (nSPS) is 14.6. The summed E-state index contributed by atoms with van der Waals surface area (Å²) < 4.78 is 10.9. The number of nitrogens with one attached hydrogen (secondary N) is 1. The van der Waals surface area contributed by atoms with E-state index in [0.29, 0.717) is 13.1 Å². The number of furan rings is 2. The zero-order valence-electron chi connectivity index (χ0n) is 16.9. The Labute approximate surface area is 171 Å². The molecule has 5 nitrogen and oxygen atoms in total. The lowest BCUT2D eigenvalue weighted by Crippen LogP contribution is -2.37. The number of hydrogen-bond donors (Lipinski definition) is 1. The van der Waals surface area contributed by atoms with Crippen molar-refractivity contribution in [1.82, 2.24) is 10.2 Å². The first-order valence-corrected chi connectivity index (χ1v) is 10.4. The highest BCUT2D eigenvalue weighted by Gasteiger charge is 2.18. The number of fused-ring (bicyclic) bond motifs is 1. The second-order valence-electron chi connectivity index (χ2n) is 7.83. The quantitative estimate of drug-likeness (QED) is 0.607. The predicted molar refractivity (Wildman–Crippen MR) is 111 cm³/mol. The molecule has 29 heavy (non-hydrogen) atoms. The number of benzene rings is 1. The molecular formula is C24H28N2O3. The van der Waals surface area contributed by atoms with Crippen molar-refractivity contribution in [3.05, 3.63) is 83.2 Å². The fraction of sp³-hybridized carbons (Fsp3) is 0.375. The molecule has 2 aromatic heterocycles. The molecule has 0 saturated heterocycles. The van der Waals surface area contributed by atoms with Gasteiger partial charge in [0.1, 0.15) is 11.5 Å². The van der Waals surface area contributed by atoms with Gasteiger partial charge >= 0.3 is 0 Å². The van der Waals surface area contributed by atoms with E-state index in [0.717, 1.165) is 17.9 Å². The van der Waals surface area contributed by atoms with Gasteiger partial charge < -0.3 is 14.2 Å². The maximum Gasteiger partial charge on any atom is 0.234 e. The molecule has 1 amide bonds. The molecule has 4 rings (SSSR count). The van der Waals surface area contributed by atoms with Gasteiger partial charge in [-0.3, -0.25) is 9.69 Å². The Morgan fingerprint density at radius 2 is 1.66 bits per heavy atom. The molecule has 0 radical (unpaired) electrons. The van der Waals surface area contributed by atoms with Crippen LogP contribution in [0.2, 0.25) is 0 Å². The first kappa shape index (κ1) is 19.5. The third-order valence-corrected chi connectivity index (χ3v) is 5.54. The van der Waals surface area contributed by atoms with E-state index in [4.69, 9.17) is 8.83 Å². The molecule has 0 saturated carbocycles. The highest BCUT2D eigenvalue weighted by molar-refractivity contribution is 5.78. The number of hydrogen-bond acceptors (Lipinski definition) is 4. The largest absolute Gasteiger partial charge is 0.468 e. The SMILES string of the molecule is CC(NC(=O)CN(Cc1ccco1)Cc1ccco1)c1ccc2c(c1)CCCC2. The molecule has 1 N–H and O–H groups in total. The van der Waals surface area contributed by atoms with E-state index in [1.807, 2.05) is 36.1 Å². The van der Waals surface area contributed by atoms with Gasteiger partial charge in [0.15, 0.2) is 0 Å². The minimum atomic E-state index is -0.0243. The van der Waals surface area contributed by atoms with Crippen LogP contribution in [0.25, 0.3) is 0 Å². The van der Waals surface area contributed by atoms with Gasteiger partial charge in [-0.2, -0.15) is 0 Å². The number of carbonyl (C=O) groups excluding carboxylic acids is 1. The van der Waals surface area contributed by atoms with Crippen LogP contribution in [-0.2, 0) is 30.7 Å². The Morgan fingerprint density at radius 3 is 2.28 bits per heavy atom. The Bertz CT molecular complexity index is 880. The van der Waals surface area contributed by atoms with Crippen LogP contribution in [0.15, 0.2) is 63.8 Å². The van der Waals surface area contributed by atoms with E-state index < -0.39 is 0 Å². The zero-order valence-corrected chi connectivity index (χ0v) is 16.9. The van der Waals surface area contributed by atoms with Crippen molar-refractivity contribution >= 4 is 5.91 Å². The molecule has 1 aliphatic rings. The summed E-state index contributed by atoms with van der Waals surface area (Å²) in [5, 5.41) is 3.15. The van der Waals surface area contributed by atoms with Crippen LogP contribution in [0.4, 0.5) is 0 Å². The van der Waals surface area contributed by atoms with E-state index in [1.165, 1.54) is 36.0 Å². The van der Waals surface area contributed by atoms with Gasteiger partial charge in [0.2, 0.25) is 5.91 Å². The first-order valence-electron chi connectivity index (χ1n) is 10.4. The van der Waals surface area contributed by atoms with E-state index >= 15 is 0 Å². The molecule has 0 fully saturated rings. The zero-order chi connectivity index (χ0) is 20.1. The number of carbonyl (C=O) groups is 1. The molecule has 152 valence electrons. The second-order valence-corrected chi connectivity index (χ2v) is 7.83. The van der Waals surface area contributed by atoms with Gasteiger partial charge in [0, 0.05) is 0 Å². The van der Waals surface area contributed by atoms with Gasteiger partial charge in [-0.05, 0) is 73.6 Å². The number of rotatable bonds is 8. The summed E-state index contributed by atoms with van der Waals surface area (Å²) in [5.74, 6) is 1.65. The third-order valence-electron chi connectivity index (χ3n) is 5.54. The molecule has 1 aliphatic carbocycles. The molecule has 2 heterocycles. The van der Waals surface area contributed by atoms with E-state index in [2.05, 4.69) is 23.5 Å². The lowest BCUT2D eigenvalue weighted by Gasteiger charge is -2.23. The molecule has 3 aromatic rings. The van der Waals surface area contributed by atoms with Crippen LogP contribution in [0.3, 0.4) is 0 Å². The summed E-state index contributed by atoms with van der Waals surface area (Å²) in [6.45, 7) is 3.42. The van der Waals surface area contributed by atoms with Gasteiger partial charge in [-0.15, -0.1) is 0 Å². The summed E-state index contributed by atoms with van der Waals surface area (Å²) in [5.41, 5.74) is 4.07. The standard InChI is InChI=1S/C24H28N2O3/c1-18(20-11-10-19-6-2-3-7-21(19)14-20)25-24(27)17-26(15-22-8-4-12-28-22)16-23-9-5-13-29-23/h4-5,8-14,18H,2-3,6-7,15-17H2,1H3,(H,25,27). The Balaban J connectivity index is 1.39. The fourth-order valence-corrected chi connectivity index (χ4v) is 4.01. The van der Waals surface area contributed by atoms with Crippen molar-refractivity contribution in [1.29, 1.82) is 0 Å². The first-order chi connectivity index (χ1) is 14.2. The third kappa shape index (κ3) is 5.18. The molecule has 0 aliphatic heterocycles. The summed E-state index contributed by atoms with van der Waals surface area (Å²) in [6.07, 6.45) is 8.15. The minimum Gasteiger partial charge on any atom is -0.468 e. The van der Waals surface area contributed by atoms with Crippen LogP contribution in [0.1, 0.15) is 54.0 Å². The van der Waals surface area contributed by atoms with Gasteiger partial charge in [-0.1, -0.05) is 18.2 Å². The average molecular weight is 392 g/mol. The average Bonchev–Trinajstić information content (AvgIpc) is 3.41. The topological polar surface area (TPSA) is 58.6 Å². The molecule has 5 heteroatoms. The predicted octanol–water partition coefficient (Wildman–Crippen LogP) is 4.63. The summed E-state index contributed by atoms with van der Waals surface area (Å²) in [6, 6.07) is 14.2. The number of amides is 1. The number of aryl methyl sites for hydroxylation is 2. The fourth-order valence-electron chi connectivity index (χ4n) is 4.01. The smallest absolute Gasteiger partial charge is 0.234 e. The Morgan fingerprint density at radius 1 is 1.00 bits per heavy atom.